The Bertz CT molecular complexity index is 291. The van der Waals surface area contributed by atoms with Crippen LogP contribution in [0.3, 0.4) is 0 Å². The number of hydrogen-bond donors (Lipinski definition) is 0. The summed E-state index contributed by atoms with van der Waals surface area (Å²) in [5, 5.41) is 0. The number of rotatable bonds is 2. The molecule has 1 rings (SSSR count). The highest BCUT2D eigenvalue weighted by Gasteiger charge is 2.25. The minimum absolute atomic E-state index is 0.159. The minimum Gasteiger partial charge on any atom is -0.438 e. The summed E-state index contributed by atoms with van der Waals surface area (Å²) in [7, 11) is 1.32. The van der Waals surface area contributed by atoms with E-state index in [-0.39, 0.29) is 6.10 Å². The van der Waals surface area contributed by atoms with Crippen molar-refractivity contribution in [1.29, 1.82) is 0 Å². The van der Waals surface area contributed by atoms with E-state index < -0.39 is 6.16 Å². The molecule has 3 nitrogen and oxygen atoms in total. The van der Waals surface area contributed by atoms with Crippen LogP contribution in [-0.2, 0) is 9.47 Å². The van der Waals surface area contributed by atoms with Gasteiger partial charge in [0, 0.05) is 0 Å². The van der Waals surface area contributed by atoms with Crippen LogP contribution in [0, 0.1) is 5.92 Å². The molecule has 0 spiro atoms. The van der Waals surface area contributed by atoms with Crippen molar-refractivity contribution in [3.8, 4) is 0 Å². The van der Waals surface area contributed by atoms with E-state index in [1.807, 2.05) is 13.8 Å². The molecular formula is C12H18O3. The number of carbonyl (C=O) groups is 1. The van der Waals surface area contributed by atoms with E-state index in [0.717, 1.165) is 24.0 Å². The summed E-state index contributed by atoms with van der Waals surface area (Å²) < 4.78 is 9.65. The molecule has 1 aliphatic carbocycles. The molecule has 0 N–H and O–H groups in total. The van der Waals surface area contributed by atoms with Crippen molar-refractivity contribution in [2.45, 2.75) is 32.8 Å². The lowest BCUT2D eigenvalue weighted by Crippen LogP contribution is -2.26. The average molecular weight is 210 g/mol. The molecule has 0 saturated carbocycles. The lowest BCUT2D eigenvalue weighted by molar-refractivity contribution is 0.0402. The Kier molecular flexibility index (Phi) is 3.95. The van der Waals surface area contributed by atoms with E-state index in [0.29, 0.717) is 5.92 Å². The standard InChI is InChI=1S/C12H18O3/c1-8(2)10-6-5-9(3)11(7-10)15-12(13)14-4/h5,10-11H,1,6-7H2,2-4H3/t10-,11-/m1/s1. The summed E-state index contributed by atoms with van der Waals surface area (Å²) in [6.07, 6.45) is 3.13. The Morgan fingerprint density at radius 1 is 1.60 bits per heavy atom. The van der Waals surface area contributed by atoms with Gasteiger partial charge >= 0.3 is 6.16 Å². The molecule has 0 radical (unpaired) electrons. The molecule has 0 aromatic carbocycles. The second kappa shape index (κ2) is 5.01. The van der Waals surface area contributed by atoms with Gasteiger partial charge in [-0.15, -0.1) is 0 Å². The molecule has 1 aliphatic rings. The fourth-order valence-corrected chi connectivity index (χ4v) is 1.71. The Morgan fingerprint density at radius 3 is 2.80 bits per heavy atom. The summed E-state index contributed by atoms with van der Waals surface area (Å²) in [6, 6.07) is 0. The first kappa shape index (κ1) is 11.8. The first-order valence-electron chi connectivity index (χ1n) is 5.11. The van der Waals surface area contributed by atoms with Gasteiger partial charge in [-0.3, -0.25) is 0 Å². The molecule has 0 heterocycles. The maximum absolute atomic E-state index is 11.0. The van der Waals surface area contributed by atoms with E-state index in [1.54, 1.807) is 0 Å². The molecule has 0 aromatic heterocycles. The van der Waals surface area contributed by atoms with Crippen molar-refractivity contribution >= 4 is 6.16 Å². The Labute approximate surface area is 90.8 Å². The lowest BCUT2D eigenvalue weighted by atomic mass is 9.84. The Balaban J connectivity index is 2.63. The topological polar surface area (TPSA) is 35.5 Å². The van der Waals surface area contributed by atoms with Crippen molar-refractivity contribution in [3.05, 3.63) is 23.8 Å². The minimum atomic E-state index is -0.616. The third-order valence-electron chi connectivity index (χ3n) is 2.83. The maximum Gasteiger partial charge on any atom is 0.508 e. The van der Waals surface area contributed by atoms with Gasteiger partial charge < -0.3 is 9.47 Å². The summed E-state index contributed by atoms with van der Waals surface area (Å²) in [5.41, 5.74) is 2.23. The lowest BCUT2D eigenvalue weighted by Gasteiger charge is -2.28. The molecule has 2 atom stereocenters. The summed E-state index contributed by atoms with van der Waals surface area (Å²) >= 11 is 0. The van der Waals surface area contributed by atoms with Crippen molar-refractivity contribution in [2.75, 3.05) is 7.11 Å². The summed E-state index contributed by atoms with van der Waals surface area (Å²) in [6.45, 7) is 7.92. The van der Waals surface area contributed by atoms with Gasteiger partial charge in [0.25, 0.3) is 0 Å². The molecule has 0 saturated heterocycles. The maximum atomic E-state index is 11.0. The van der Waals surface area contributed by atoms with Gasteiger partial charge in [-0.05, 0) is 38.2 Å². The fraction of sp³-hybridized carbons (Fsp3) is 0.583. The van der Waals surface area contributed by atoms with E-state index >= 15 is 0 Å². The fourth-order valence-electron chi connectivity index (χ4n) is 1.71. The van der Waals surface area contributed by atoms with E-state index in [9.17, 15) is 4.79 Å². The largest absolute Gasteiger partial charge is 0.508 e. The third-order valence-corrected chi connectivity index (χ3v) is 2.83. The van der Waals surface area contributed by atoms with Gasteiger partial charge in [0.2, 0.25) is 0 Å². The van der Waals surface area contributed by atoms with Crippen LogP contribution in [0.25, 0.3) is 0 Å². The predicted octanol–water partition coefficient (Wildman–Crippen LogP) is 3.07. The van der Waals surface area contributed by atoms with Crippen LogP contribution >= 0.6 is 0 Å². The van der Waals surface area contributed by atoms with E-state index in [1.165, 1.54) is 7.11 Å². The van der Waals surface area contributed by atoms with Crippen molar-refractivity contribution in [2.24, 2.45) is 5.92 Å². The number of ether oxygens (including phenoxy) is 2. The molecule has 84 valence electrons. The molecule has 0 aromatic rings. The third kappa shape index (κ3) is 3.11. The van der Waals surface area contributed by atoms with Crippen molar-refractivity contribution < 1.29 is 14.3 Å². The quantitative estimate of drug-likeness (QED) is 0.519. The molecular weight excluding hydrogens is 192 g/mol. The average Bonchev–Trinajstić information content (AvgIpc) is 2.20. The van der Waals surface area contributed by atoms with Crippen LogP contribution in [0.4, 0.5) is 4.79 Å². The molecule has 3 heteroatoms. The number of methoxy groups -OCH3 is 1. The van der Waals surface area contributed by atoms with E-state index in [2.05, 4.69) is 17.4 Å². The monoisotopic (exact) mass is 210 g/mol. The Morgan fingerprint density at radius 2 is 2.27 bits per heavy atom. The zero-order valence-electron chi connectivity index (χ0n) is 9.58. The van der Waals surface area contributed by atoms with Crippen LogP contribution in [0.15, 0.2) is 23.8 Å². The highest BCUT2D eigenvalue weighted by Crippen LogP contribution is 2.30. The highest BCUT2D eigenvalue weighted by atomic mass is 16.7. The molecule has 15 heavy (non-hydrogen) atoms. The van der Waals surface area contributed by atoms with Crippen molar-refractivity contribution in [1.82, 2.24) is 0 Å². The smallest absolute Gasteiger partial charge is 0.438 e. The number of allylic oxidation sites excluding steroid dienone is 2. The first-order chi connectivity index (χ1) is 7.04. The molecule has 0 fully saturated rings. The SMILES string of the molecule is C=C(C)[C@@H]1CC=C(C)[C@H](OC(=O)OC)C1. The van der Waals surface area contributed by atoms with Gasteiger partial charge in [0.1, 0.15) is 6.10 Å². The zero-order valence-corrected chi connectivity index (χ0v) is 9.58. The number of carbonyl (C=O) groups excluding carboxylic acids is 1. The predicted molar refractivity (Wildman–Crippen MR) is 58.6 cm³/mol. The Hall–Kier alpha value is -1.25. The zero-order chi connectivity index (χ0) is 11.4. The van der Waals surface area contributed by atoms with E-state index in [4.69, 9.17) is 4.74 Å². The van der Waals surface area contributed by atoms with Crippen LogP contribution in [-0.4, -0.2) is 19.4 Å². The van der Waals surface area contributed by atoms with Gasteiger partial charge in [-0.25, -0.2) is 4.79 Å². The molecule has 0 bridgehead atoms. The van der Waals surface area contributed by atoms with Gasteiger partial charge in [0.15, 0.2) is 0 Å². The molecule has 0 unspecified atom stereocenters. The summed E-state index contributed by atoms with van der Waals surface area (Å²) in [5.74, 6) is 0.406. The number of hydrogen-bond acceptors (Lipinski definition) is 3. The molecule has 0 aliphatic heterocycles. The second-order valence-corrected chi connectivity index (χ2v) is 4.02. The molecule has 0 amide bonds. The normalized spacial score (nSPS) is 25.4. The van der Waals surface area contributed by atoms with Crippen LogP contribution in [0.2, 0.25) is 0 Å². The second-order valence-electron chi connectivity index (χ2n) is 4.02. The van der Waals surface area contributed by atoms with Crippen molar-refractivity contribution in [3.63, 3.8) is 0 Å². The van der Waals surface area contributed by atoms with Crippen LogP contribution in [0.1, 0.15) is 26.7 Å². The van der Waals surface area contributed by atoms with Crippen LogP contribution in [0.5, 0.6) is 0 Å². The van der Waals surface area contributed by atoms with Gasteiger partial charge in [-0.2, -0.15) is 0 Å². The summed E-state index contributed by atoms with van der Waals surface area (Å²) in [4.78, 5) is 11.0. The van der Waals surface area contributed by atoms with Crippen LogP contribution < -0.4 is 0 Å². The van der Waals surface area contributed by atoms with Gasteiger partial charge in [0.05, 0.1) is 7.11 Å². The van der Waals surface area contributed by atoms with Gasteiger partial charge in [-0.1, -0.05) is 18.2 Å². The highest BCUT2D eigenvalue weighted by molar-refractivity contribution is 5.60. The first-order valence-corrected chi connectivity index (χ1v) is 5.11.